The van der Waals surface area contributed by atoms with Crippen LogP contribution in [0.1, 0.15) is 199 Å². The zero-order chi connectivity index (χ0) is 37.0. The van der Waals surface area contributed by atoms with Crippen molar-refractivity contribution in [2.75, 3.05) is 13.2 Å². The van der Waals surface area contributed by atoms with Crippen molar-refractivity contribution in [2.24, 2.45) is 0 Å². The maximum atomic E-state index is 12.7. The predicted molar refractivity (Wildman–Crippen MR) is 213 cm³/mol. The van der Waals surface area contributed by atoms with Gasteiger partial charge >= 0.3 is 17.9 Å². The van der Waals surface area contributed by atoms with E-state index in [4.69, 9.17) is 9.47 Å². The van der Waals surface area contributed by atoms with E-state index < -0.39 is 17.9 Å². The summed E-state index contributed by atoms with van der Waals surface area (Å²) in [6.45, 7) is 4.98. The molecule has 0 radical (unpaired) electrons. The van der Waals surface area contributed by atoms with E-state index in [1.165, 1.54) is 95.2 Å². The first-order valence-corrected chi connectivity index (χ1v) is 20.3. The fourth-order valence-corrected chi connectivity index (χ4v) is 5.66. The van der Waals surface area contributed by atoms with Gasteiger partial charge in [0, 0.05) is 0 Å². The van der Waals surface area contributed by atoms with Gasteiger partial charge in [-0.15, -0.1) is 0 Å². The second-order valence-corrected chi connectivity index (χ2v) is 13.5. The maximum Gasteiger partial charge on any atom is 0.338 e. The van der Waals surface area contributed by atoms with Crippen LogP contribution in [-0.4, -0.2) is 36.2 Å². The molecule has 1 aromatic carbocycles. The van der Waals surface area contributed by atoms with Gasteiger partial charge in [-0.3, -0.25) is 0 Å². The van der Waals surface area contributed by atoms with Crippen LogP contribution in [0.3, 0.4) is 0 Å². The minimum Gasteiger partial charge on any atom is -0.478 e. The molecule has 0 spiro atoms. The van der Waals surface area contributed by atoms with Gasteiger partial charge in [-0.05, 0) is 95.2 Å². The van der Waals surface area contributed by atoms with Gasteiger partial charge in [0.05, 0.1) is 29.9 Å². The van der Waals surface area contributed by atoms with Gasteiger partial charge in [-0.2, -0.15) is 0 Å². The molecule has 0 amide bonds. The zero-order valence-corrected chi connectivity index (χ0v) is 32.2. The Bertz CT molecular complexity index is 1080. The van der Waals surface area contributed by atoms with Gasteiger partial charge in [0.25, 0.3) is 0 Å². The van der Waals surface area contributed by atoms with Crippen LogP contribution in [0.4, 0.5) is 0 Å². The van der Waals surface area contributed by atoms with Gasteiger partial charge in [-0.25, -0.2) is 14.4 Å². The number of carboxylic acid groups (broad SMARTS) is 1. The van der Waals surface area contributed by atoms with E-state index >= 15 is 0 Å². The Labute approximate surface area is 310 Å². The molecule has 6 nitrogen and oxygen atoms in total. The lowest BCUT2D eigenvalue weighted by atomic mass is 10.1. The number of rotatable bonds is 33. The summed E-state index contributed by atoms with van der Waals surface area (Å²) >= 11 is 0. The Morgan fingerprint density at radius 1 is 0.451 bits per heavy atom. The van der Waals surface area contributed by atoms with Crippen LogP contribution in [0.2, 0.25) is 0 Å². The van der Waals surface area contributed by atoms with E-state index in [0.717, 1.165) is 77.0 Å². The first-order valence-electron chi connectivity index (χ1n) is 20.3. The standard InChI is InChI=1S/C45H70O6/c1-3-5-7-9-11-13-15-17-19-21-23-25-27-29-31-33-35-50-44(48)41-37-40(43(46)47)38-42(39-41)45(49)51-36-34-32-30-28-26-24-22-20-18-16-14-12-10-8-6-4-2/h11-14,17-20,37-39H,3-10,15-16,21-36H2,1-2H3,(H,46,47)/b13-11-,14-12-,19-17-,20-18-. The Morgan fingerprint density at radius 3 is 1.12 bits per heavy atom. The minimum absolute atomic E-state index is 0.0515. The van der Waals surface area contributed by atoms with E-state index in [1.54, 1.807) is 0 Å². The topological polar surface area (TPSA) is 89.9 Å². The van der Waals surface area contributed by atoms with Crippen molar-refractivity contribution in [3.8, 4) is 0 Å². The number of benzene rings is 1. The summed E-state index contributed by atoms with van der Waals surface area (Å²) in [5.41, 5.74) is -0.0370. The number of esters is 2. The van der Waals surface area contributed by atoms with Gasteiger partial charge in [-0.1, -0.05) is 140 Å². The SMILES string of the molecule is CCCCC/C=C\C/C=C\CCCCCCCCOC(=O)c1cc(C(=O)O)cc(C(=O)OCCCCCCCC/C=C\C/C=C\CCCCC)c1. The number of carbonyl (C=O) groups is 3. The van der Waals surface area contributed by atoms with Crippen molar-refractivity contribution in [1.82, 2.24) is 0 Å². The van der Waals surface area contributed by atoms with Crippen LogP contribution < -0.4 is 0 Å². The van der Waals surface area contributed by atoms with E-state index in [2.05, 4.69) is 62.5 Å². The van der Waals surface area contributed by atoms with E-state index in [9.17, 15) is 19.5 Å². The molecule has 0 bridgehead atoms. The summed E-state index contributed by atoms with van der Waals surface area (Å²) in [5.74, 6) is -2.46. The van der Waals surface area contributed by atoms with Crippen LogP contribution in [0, 0.1) is 0 Å². The molecule has 0 saturated heterocycles. The van der Waals surface area contributed by atoms with Crippen LogP contribution in [0.15, 0.2) is 66.8 Å². The molecule has 0 saturated carbocycles. The third-order valence-electron chi connectivity index (χ3n) is 8.81. The Hall–Kier alpha value is -3.41. The van der Waals surface area contributed by atoms with Crippen LogP contribution in [-0.2, 0) is 9.47 Å². The van der Waals surface area contributed by atoms with Crippen molar-refractivity contribution in [1.29, 1.82) is 0 Å². The molecule has 0 unspecified atom stereocenters. The second-order valence-electron chi connectivity index (χ2n) is 13.5. The molecule has 0 aliphatic rings. The Morgan fingerprint density at radius 2 is 0.765 bits per heavy atom. The van der Waals surface area contributed by atoms with Crippen LogP contribution in [0.5, 0.6) is 0 Å². The molecule has 0 aliphatic carbocycles. The number of carboxylic acids is 1. The fourth-order valence-electron chi connectivity index (χ4n) is 5.66. The summed E-state index contributed by atoms with van der Waals surface area (Å²) in [6, 6.07) is 3.87. The molecule has 6 heteroatoms. The normalized spacial score (nSPS) is 11.8. The van der Waals surface area contributed by atoms with Crippen LogP contribution >= 0.6 is 0 Å². The smallest absolute Gasteiger partial charge is 0.338 e. The number of unbranched alkanes of at least 4 members (excludes halogenated alkanes) is 18. The van der Waals surface area contributed by atoms with E-state index in [1.807, 2.05) is 0 Å². The summed E-state index contributed by atoms with van der Waals surface area (Å²) in [5, 5.41) is 9.54. The molecule has 1 N–H and O–H groups in total. The molecule has 0 aliphatic heterocycles. The Balaban J connectivity index is 2.20. The Kier molecular flexibility index (Phi) is 30.2. The summed E-state index contributed by atoms with van der Waals surface area (Å²) in [6.07, 6.45) is 45.2. The molecular weight excluding hydrogens is 636 g/mol. The van der Waals surface area contributed by atoms with Gasteiger partial charge in [0.15, 0.2) is 0 Å². The van der Waals surface area contributed by atoms with Crippen LogP contribution in [0.25, 0.3) is 0 Å². The predicted octanol–water partition coefficient (Wildman–Crippen LogP) is 13.3. The van der Waals surface area contributed by atoms with Gasteiger partial charge in [0.2, 0.25) is 0 Å². The highest BCUT2D eigenvalue weighted by molar-refractivity contribution is 6.00. The number of aromatic carboxylic acids is 1. The number of carbonyl (C=O) groups excluding carboxylic acids is 2. The highest BCUT2D eigenvalue weighted by atomic mass is 16.5. The lowest BCUT2D eigenvalue weighted by Crippen LogP contribution is -2.13. The number of ether oxygens (including phenoxy) is 2. The summed E-state index contributed by atoms with van der Waals surface area (Å²) in [4.78, 5) is 37.1. The maximum absolute atomic E-state index is 12.7. The highest BCUT2D eigenvalue weighted by Crippen LogP contribution is 2.16. The molecule has 0 atom stereocenters. The lowest BCUT2D eigenvalue weighted by Gasteiger charge is -2.09. The third kappa shape index (κ3) is 27.0. The van der Waals surface area contributed by atoms with Crippen molar-refractivity contribution < 1.29 is 29.0 Å². The second kappa shape index (κ2) is 33.7. The van der Waals surface area contributed by atoms with Gasteiger partial charge in [0.1, 0.15) is 0 Å². The molecule has 286 valence electrons. The first kappa shape index (κ1) is 45.6. The number of allylic oxidation sites excluding steroid dienone is 8. The van der Waals surface area contributed by atoms with Crippen molar-refractivity contribution in [2.45, 2.75) is 168 Å². The molecule has 0 fully saturated rings. The van der Waals surface area contributed by atoms with Crippen molar-refractivity contribution in [3.05, 3.63) is 83.5 Å². The first-order chi connectivity index (χ1) is 25.0. The molecule has 1 rings (SSSR count). The minimum atomic E-state index is -1.21. The molecule has 1 aromatic rings. The van der Waals surface area contributed by atoms with Gasteiger partial charge < -0.3 is 14.6 Å². The molecule has 0 heterocycles. The average Bonchev–Trinajstić information content (AvgIpc) is 3.13. The zero-order valence-electron chi connectivity index (χ0n) is 32.2. The molecule has 0 aromatic heterocycles. The van der Waals surface area contributed by atoms with Crippen molar-refractivity contribution in [3.63, 3.8) is 0 Å². The quantitative estimate of drug-likeness (QED) is 0.0444. The van der Waals surface area contributed by atoms with E-state index in [0.29, 0.717) is 0 Å². The van der Waals surface area contributed by atoms with E-state index in [-0.39, 0.29) is 29.9 Å². The summed E-state index contributed by atoms with van der Waals surface area (Å²) < 4.78 is 10.8. The largest absolute Gasteiger partial charge is 0.478 e. The monoisotopic (exact) mass is 707 g/mol. The highest BCUT2D eigenvalue weighted by Gasteiger charge is 2.18. The number of hydrogen-bond donors (Lipinski definition) is 1. The molecule has 51 heavy (non-hydrogen) atoms. The fraction of sp³-hybridized carbons (Fsp3) is 0.622. The average molecular weight is 707 g/mol. The summed E-state index contributed by atoms with van der Waals surface area (Å²) in [7, 11) is 0. The lowest BCUT2D eigenvalue weighted by molar-refractivity contribution is 0.0496. The third-order valence-corrected chi connectivity index (χ3v) is 8.81. The number of hydrogen-bond acceptors (Lipinski definition) is 5. The van der Waals surface area contributed by atoms with Crippen molar-refractivity contribution >= 4 is 17.9 Å². The molecular formula is C45H70O6.